The van der Waals surface area contributed by atoms with Crippen molar-refractivity contribution in [3.05, 3.63) is 29.8 Å². The Morgan fingerprint density at radius 2 is 2.30 bits per heavy atom. The van der Waals surface area contributed by atoms with Crippen molar-refractivity contribution in [2.45, 2.75) is 13.0 Å². The van der Waals surface area contributed by atoms with Crippen molar-refractivity contribution >= 4 is 0 Å². The zero-order valence-electron chi connectivity index (χ0n) is 5.71. The molecule has 0 saturated heterocycles. The molecule has 2 N–H and O–H groups in total. The molecule has 0 aliphatic carbocycles. The van der Waals surface area contributed by atoms with E-state index in [1.54, 1.807) is 6.07 Å². The number of nitrogens with two attached hydrogens (primary N) is 1. The smallest absolute Gasteiger partial charge is 0.212 e. The minimum absolute atomic E-state index is 0.0758. The van der Waals surface area contributed by atoms with Gasteiger partial charge in [0.15, 0.2) is 0 Å². The molecule has 0 spiro atoms. The van der Waals surface area contributed by atoms with Crippen molar-refractivity contribution in [1.29, 1.82) is 0 Å². The van der Waals surface area contributed by atoms with Crippen molar-refractivity contribution in [3.8, 4) is 0 Å². The minimum Gasteiger partial charge on any atom is -0.324 e. The molecule has 54 valence electrons. The first-order chi connectivity index (χ1) is 4.70. The molecule has 0 radical (unpaired) electrons. The summed E-state index contributed by atoms with van der Waals surface area (Å²) in [5.41, 5.74) is 6.35. The fourth-order valence-electron chi connectivity index (χ4n) is 0.657. The molecule has 0 aliphatic rings. The quantitative estimate of drug-likeness (QED) is 0.596. The molecule has 1 atom stereocenters. The summed E-state index contributed by atoms with van der Waals surface area (Å²) in [6, 6.07) is 2.86. The van der Waals surface area contributed by atoms with Crippen LogP contribution in [0.5, 0.6) is 0 Å². The van der Waals surface area contributed by atoms with E-state index in [9.17, 15) is 4.39 Å². The Bertz CT molecular complexity index is 205. The number of nitrogens with zero attached hydrogens (tertiary/aromatic N) is 1. The van der Waals surface area contributed by atoms with Crippen molar-refractivity contribution in [1.82, 2.24) is 4.98 Å². The fraction of sp³-hybridized carbons (Fsp3) is 0.286. The van der Waals surface area contributed by atoms with Gasteiger partial charge < -0.3 is 5.73 Å². The van der Waals surface area contributed by atoms with Crippen molar-refractivity contribution in [2.75, 3.05) is 0 Å². The third-order valence-corrected chi connectivity index (χ3v) is 1.28. The average Bonchev–Trinajstić information content (AvgIpc) is 1.88. The summed E-state index contributed by atoms with van der Waals surface area (Å²) >= 11 is 0. The van der Waals surface area contributed by atoms with E-state index in [2.05, 4.69) is 4.98 Å². The van der Waals surface area contributed by atoms with Gasteiger partial charge in [-0.05, 0) is 18.6 Å². The molecule has 0 saturated carbocycles. The maximum absolute atomic E-state index is 12.2. The molecule has 1 aromatic heterocycles. The first kappa shape index (κ1) is 7.15. The Kier molecular flexibility index (Phi) is 1.97. The number of hydrogen-bond acceptors (Lipinski definition) is 2. The molecule has 3 heteroatoms. The summed E-state index contributed by atoms with van der Waals surface area (Å²) < 4.78 is 12.2. The first-order valence-electron chi connectivity index (χ1n) is 3.07. The summed E-state index contributed by atoms with van der Waals surface area (Å²) in [5.74, 6) is -0.468. The highest BCUT2D eigenvalue weighted by molar-refractivity contribution is 5.12. The van der Waals surface area contributed by atoms with Gasteiger partial charge in [-0.3, -0.25) is 0 Å². The second-order valence-electron chi connectivity index (χ2n) is 2.20. The van der Waals surface area contributed by atoms with Crippen molar-refractivity contribution in [3.63, 3.8) is 0 Å². The largest absolute Gasteiger partial charge is 0.324 e. The third-order valence-electron chi connectivity index (χ3n) is 1.28. The number of rotatable bonds is 1. The Morgan fingerprint density at radius 1 is 1.60 bits per heavy atom. The van der Waals surface area contributed by atoms with Gasteiger partial charge >= 0.3 is 0 Å². The molecule has 0 aromatic carbocycles. The van der Waals surface area contributed by atoms with Gasteiger partial charge in [0.25, 0.3) is 0 Å². The second-order valence-corrected chi connectivity index (χ2v) is 2.20. The van der Waals surface area contributed by atoms with Crippen LogP contribution in [0.1, 0.15) is 18.5 Å². The van der Waals surface area contributed by atoms with Crippen LogP contribution in [0.25, 0.3) is 0 Å². The minimum atomic E-state index is -0.468. The average molecular weight is 140 g/mol. The number of halogens is 1. The molecule has 1 aromatic rings. The van der Waals surface area contributed by atoms with E-state index in [-0.39, 0.29) is 6.04 Å². The van der Waals surface area contributed by atoms with E-state index in [0.29, 0.717) is 0 Å². The van der Waals surface area contributed by atoms with Crippen LogP contribution in [-0.4, -0.2) is 4.98 Å². The Hall–Kier alpha value is -0.960. The van der Waals surface area contributed by atoms with E-state index >= 15 is 0 Å². The summed E-state index contributed by atoms with van der Waals surface area (Å²) in [7, 11) is 0. The monoisotopic (exact) mass is 140 g/mol. The summed E-state index contributed by atoms with van der Waals surface area (Å²) in [6.45, 7) is 1.83. The molecule has 0 aliphatic heterocycles. The lowest BCUT2D eigenvalue weighted by Crippen LogP contribution is -2.05. The molecule has 2 nitrogen and oxygen atoms in total. The Labute approximate surface area is 58.9 Å². The van der Waals surface area contributed by atoms with Crippen LogP contribution < -0.4 is 5.73 Å². The van der Waals surface area contributed by atoms with Gasteiger partial charge in [-0.1, -0.05) is 6.07 Å². The highest BCUT2D eigenvalue weighted by Gasteiger charge is 1.98. The Morgan fingerprint density at radius 3 is 2.70 bits per heavy atom. The predicted octanol–water partition coefficient (Wildman–Crippen LogP) is 1.24. The molecular weight excluding hydrogens is 131 g/mol. The van der Waals surface area contributed by atoms with Crippen LogP contribution in [-0.2, 0) is 0 Å². The van der Waals surface area contributed by atoms with Gasteiger partial charge in [0.2, 0.25) is 5.95 Å². The first-order valence-corrected chi connectivity index (χ1v) is 3.07. The van der Waals surface area contributed by atoms with Crippen LogP contribution in [0.4, 0.5) is 4.39 Å². The lowest BCUT2D eigenvalue weighted by atomic mass is 10.2. The summed E-state index contributed by atoms with van der Waals surface area (Å²) in [5, 5.41) is 0. The van der Waals surface area contributed by atoms with E-state index in [1.165, 1.54) is 12.3 Å². The predicted molar refractivity (Wildman–Crippen MR) is 36.8 cm³/mol. The zero-order valence-corrected chi connectivity index (χ0v) is 5.71. The van der Waals surface area contributed by atoms with Gasteiger partial charge in [0.05, 0.1) is 0 Å². The maximum Gasteiger partial charge on any atom is 0.212 e. The fourth-order valence-corrected chi connectivity index (χ4v) is 0.657. The van der Waals surface area contributed by atoms with Gasteiger partial charge in [0.1, 0.15) is 0 Å². The molecule has 1 heterocycles. The number of pyridine rings is 1. The summed E-state index contributed by atoms with van der Waals surface area (Å²) in [4.78, 5) is 3.45. The number of hydrogen-bond donors (Lipinski definition) is 1. The second kappa shape index (κ2) is 2.75. The van der Waals surface area contributed by atoms with Crippen LogP contribution >= 0.6 is 0 Å². The van der Waals surface area contributed by atoms with Gasteiger partial charge in [-0.25, -0.2) is 4.98 Å². The molecular formula is C7H9FN2. The molecule has 0 unspecified atom stereocenters. The van der Waals surface area contributed by atoms with E-state index in [1.807, 2.05) is 6.92 Å². The SMILES string of the molecule is C[C@@H](N)c1ccc(F)nc1. The van der Waals surface area contributed by atoms with Crippen LogP contribution in [0.2, 0.25) is 0 Å². The summed E-state index contributed by atoms with van der Waals surface area (Å²) in [6.07, 6.45) is 1.44. The molecule has 0 bridgehead atoms. The maximum atomic E-state index is 12.2. The lowest BCUT2D eigenvalue weighted by molar-refractivity contribution is 0.580. The normalized spacial score (nSPS) is 13.1. The molecule has 10 heavy (non-hydrogen) atoms. The van der Waals surface area contributed by atoms with Crippen molar-refractivity contribution < 1.29 is 4.39 Å². The van der Waals surface area contributed by atoms with E-state index < -0.39 is 5.95 Å². The van der Waals surface area contributed by atoms with Crippen LogP contribution in [0.3, 0.4) is 0 Å². The lowest BCUT2D eigenvalue weighted by Gasteiger charge is -2.02. The van der Waals surface area contributed by atoms with Crippen molar-refractivity contribution in [2.24, 2.45) is 5.73 Å². The standard InChI is InChI=1S/C7H9FN2/c1-5(9)6-2-3-7(8)10-4-6/h2-5H,9H2,1H3/t5-/m1/s1. The van der Waals surface area contributed by atoms with Gasteiger partial charge in [-0.2, -0.15) is 4.39 Å². The number of aromatic nitrogens is 1. The zero-order chi connectivity index (χ0) is 7.56. The Balaban J connectivity index is 2.89. The van der Waals surface area contributed by atoms with Gasteiger partial charge in [0, 0.05) is 12.2 Å². The highest BCUT2D eigenvalue weighted by atomic mass is 19.1. The van der Waals surface area contributed by atoms with E-state index in [0.717, 1.165) is 5.56 Å². The van der Waals surface area contributed by atoms with Crippen LogP contribution in [0.15, 0.2) is 18.3 Å². The van der Waals surface area contributed by atoms with Crippen LogP contribution in [0, 0.1) is 5.95 Å². The molecule has 1 rings (SSSR count). The van der Waals surface area contributed by atoms with E-state index in [4.69, 9.17) is 5.73 Å². The molecule has 0 amide bonds. The highest BCUT2D eigenvalue weighted by Crippen LogP contribution is 2.06. The third kappa shape index (κ3) is 1.51. The topological polar surface area (TPSA) is 38.9 Å². The molecule has 0 fully saturated rings. The van der Waals surface area contributed by atoms with Gasteiger partial charge in [-0.15, -0.1) is 0 Å².